The number of hydrogen-bond acceptors (Lipinski definition) is 6. The number of nitrogens with zero attached hydrogens (tertiary/aromatic N) is 2. The summed E-state index contributed by atoms with van der Waals surface area (Å²) in [5, 5.41) is 15.2. The van der Waals surface area contributed by atoms with Gasteiger partial charge >= 0.3 is 0 Å². The first-order valence-corrected chi connectivity index (χ1v) is 11.5. The van der Waals surface area contributed by atoms with Gasteiger partial charge in [0.2, 0.25) is 0 Å². The number of aliphatic hydroxyl groups is 1. The number of anilines is 1. The van der Waals surface area contributed by atoms with Crippen LogP contribution in [0.3, 0.4) is 0 Å². The van der Waals surface area contributed by atoms with Crippen LogP contribution in [-0.4, -0.2) is 28.2 Å². The maximum absolute atomic E-state index is 10.9. The topological polar surface area (TPSA) is 93.3 Å². The van der Waals surface area contributed by atoms with Gasteiger partial charge in [-0.25, -0.2) is 4.98 Å². The number of nitrogens with one attached hydrogen (secondary N) is 1. The zero-order chi connectivity index (χ0) is 23.6. The minimum absolute atomic E-state index is 0.235. The average molecular weight is 485 g/mol. The molecular weight excluding hydrogens is 459 g/mol. The fraction of sp³-hybridized carbons (Fsp3) is 0.280. The van der Waals surface area contributed by atoms with E-state index in [1.165, 1.54) is 0 Å². The van der Waals surface area contributed by atoms with Gasteiger partial charge in [0.25, 0.3) is 0 Å². The first-order valence-electron chi connectivity index (χ1n) is 10.7. The number of aryl methyl sites for hydroxylation is 1. The van der Waals surface area contributed by atoms with Crippen molar-refractivity contribution < 1.29 is 9.84 Å². The summed E-state index contributed by atoms with van der Waals surface area (Å²) < 4.78 is 6.15. The van der Waals surface area contributed by atoms with Gasteiger partial charge in [0.1, 0.15) is 11.7 Å². The summed E-state index contributed by atoms with van der Waals surface area (Å²) in [4.78, 5) is 8.82. The molecule has 1 fully saturated rings. The smallest absolute Gasteiger partial charge is 0.166 e. The summed E-state index contributed by atoms with van der Waals surface area (Å²) in [6, 6.07) is 9.20. The zero-order valence-electron chi connectivity index (χ0n) is 18.3. The van der Waals surface area contributed by atoms with Crippen molar-refractivity contribution >= 4 is 29.0 Å². The number of aromatic nitrogens is 2. The SMILES string of the molecule is C=CC(Oc1cc(-c2ccc(C3(O)CCNCC3)nc2)cnc1N)c1c(Cl)ccc(C)c1Cl. The lowest BCUT2D eigenvalue weighted by Gasteiger charge is -2.32. The molecule has 1 atom stereocenters. The van der Waals surface area contributed by atoms with Crippen molar-refractivity contribution in [2.24, 2.45) is 0 Å². The fourth-order valence-corrected chi connectivity index (χ4v) is 4.53. The highest BCUT2D eigenvalue weighted by atomic mass is 35.5. The van der Waals surface area contributed by atoms with Gasteiger partial charge in [0.05, 0.1) is 10.7 Å². The van der Waals surface area contributed by atoms with Crippen LogP contribution >= 0.6 is 23.2 Å². The molecular formula is C25H26Cl2N4O2. The van der Waals surface area contributed by atoms with Gasteiger partial charge in [-0.15, -0.1) is 0 Å². The third-order valence-corrected chi connectivity index (χ3v) is 6.79. The van der Waals surface area contributed by atoms with Gasteiger partial charge in [-0.2, -0.15) is 0 Å². The predicted molar refractivity (Wildman–Crippen MR) is 133 cm³/mol. The first kappa shape index (κ1) is 23.5. The van der Waals surface area contributed by atoms with Gasteiger partial charge in [-0.3, -0.25) is 4.98 Å². The molecule has 4 rings (SSSR count). The van der Waals surface area contributed by atoms with Crippen molar-refractivity contribution in [2.75, 3.05) is 18.8 Å². The van der Waals surface area contributed by atoms with E-state index in [9.17, 15) is 5.11 Å². The lowest BCUT2D eigenvalue weighted by atomic mass is 9.88. The fourth-order valence-electron chi connectivity index (χ4n) is 3.94. The number of halogens is 2. The van der Waals surface area contributed by atoms with E-state index in [4.69, 9.17) is 33.7 Å². The number of nitrogen functional groups attached to an aromatic ring is 1. The number of piperidine rings is 1. The number of hydrogen-bond donors (Lipinski definition) is 3. The molecule has 0 radical (unpaired) electrons. The van der Waals surface area contributed by atoms with Crippen LogP contribution in [0.2, 0.25) is 10.0 Å². The highest BCUT2D eigenvalue weighted by Crippen LogP contribution is 2.38. The molecule has 1 aliphatic rings. The minimum atomic E-state index is -0.902. The van der Waals surface area contributed by atoms with Crippen molar-refractivity contribution in [1.82, 2.24) is 15.3 Å². The maximum Gasteiger partial charge on any atom is 0.166 e. The second kappa shape index (κ2) is 9.69. The molecule has 0 amide bonds. The molecule has 0 spiro atoms. The Labute approximate surface area is 203 Å². The Morgan fingerprint density at radius 1 is 1.15 bits per heavy atom. The molecule has 8 heteroatoms. The minimum Gasteiger partial charge on any atom is -0.478 e. The van der Waals surface area contributed by atoms with E-state index in [1.54, 1.807) is 30.6 Å². The van der Waals surface area contributed by atoms with Gasteiger partial charge in [-0.05, 0) is 62.7 Å². The third-order valence-electron chi connectivity index (χ3n) is 5.96. The highest BCUT2D eigenvalue weighted by molar-refractivity contribution is 6.36. The molecule has 33 heavy (non-hydrogen) atoms. The van der Waals surface area contributed by atoms with E-state index >= 15 is 0 Å². The molecule has 6 nitrogen and oxygen atoms in total. The first-order chi connectivity index (χ1) is 15.8. The molecule has 1 saturated heterocycles. The second-order valence-electron chi connectivity index (χ2n) is 8.19. The molecule has 1 aromatic carbocycles. The van der Waals surface area contributed by atoms with Crippen LogP contribution in [0.1, 0.15) is 35.8 Å². The largest absolute Gasteiger partial charge is 0.478 e. The Morgan fingerprint density at radius 2 is 1.88 bits per heavy atom. The van der Waals surface area contributed by atoms with Crippen LogP contribution in [0.15, 0.2) is 55.4 Å². The van der Waals surface area contributed by atoms with Gasteiger partial charge < -0.3 is 20.9 Å². The monoisotopic (exact) mass is 484 g/mol. The van der Waals surface area contributed by atoms with Crippen LogP contribution in [0.25, 0.3) is 11.1 Å². The van der Waals surface area contributed by atoms with Crippen molar-refractivity contribution in [1.29, 1.82) is 0 Å². The molecule has 0 aliphatic carbocycles. The summed E-state index contributed by atoms with van der Waals surface area (Å²) >= 11 is 12.9. The quantitative estimate of drug-likeness (QED) is 0.415. The molecule has 4 N–H and O–H groups in total. The molecule has 172 valence electrons. The summed E-state index contributed by atoms with van der Waals surface area (Å²) in [5.74, 6) is 0.617. The van der Waals surface area contributed by atoms with E-state index in [0.29, 0.717) is 39.9 Å². The Kier molecular flexibility index (Phi) is 6.91. The van der Waals surface area contributed by atoms with E-state index in [1.807, 2.05) is 25.1 Å². The summed E-state index contributed by atoms with van der Waals surface area (Å²) in [6.07, 6.45) is 5.66. The van der Waals surface area contributed by atoms with E-state index < -0.39 is 11.7 Å². The Bertz CT molecular complexity index is 1160. The lowest BCUT2D eigenvalue weighted by Crippen LogP contribution is -2.40. The standard InChI is InChI=1S/C25H26Cl2N4O2/c1-3-19(22-18(26)6-4-15(2)23(22)27)33-20-12-17(14-31-24(20)28)16-5-7-21(30-13-16)25(32)8-10-29-11-9-25/h3-7,12-14,19,29,32H,1,8-11H2,2H3,(H2,28,31). The van der Waals surface area contributed by atoms with Crippen LogP contribution in [-0.2, 0) is 5.60 Å². The molecule has 1 aliphatic heterocycles. The van der Waals surface area contributed by atoms with Crippen LogP contribution < -0.4 is 15.8 Å². The van der Waals surface area contributed by atoms with Gasteiger partial charge in [0, 0.05) is 34.1 Å². The van der Waals surface area contributed by atoms with Crippen LogP contribution in [0.4, 0.5) is 5.82 Å². The zero-order valence-corrected chi connectivity index (χ0v) is 19.8. The molecule has 0 bridgehead atoms. The lowest BCUT2D eigenvalue weighted by molar-refractivity contribution is 0.00190. The van der Waals surface area contributed by atoms with Crippen molar-refractivity contribution in [3.63, 3.8) is 0 Å². The number of nitrogens with two attached hydrogens (primary N) is 1. The van der Waals surface area contributed by atoms with E-state index in [0.717, 1.165) is 29.8 Å². The van der Waals surface area contributed by atoms with E-state index in [2.05, 4.69) is 21.9 Å². The maximum atomic E-state index is 10.9. The number of pyridine rings is 2. The molecule has 3 heterocycles. The highest BCUT2D eigenvalue weighted by Gasteiger charge is 2.32. The predicted octanol–water partition coefficient (Wildman–Crippen LogP) is 5.22. The summed E-state index contributed by atoms with van der Waals surface area (Å²) in [6.45, 7) is 7.30. The molecule has 0 saturated carbocycles. The molecule has 1 unspecified atom stereocenters. The Morgan fingerprint density at radius 3 is 2.55 bits per heavy atom. The second-order valence-corrected chi connectivity index (χ2v) is 8.97. The van der Waals surface area contributed by atoms with Crippen LogP contribution in [0, 0.1) is 6.92 Å². The van der Waals surface area contributed by atoms with Gasteiger partial charge in [-0.1, -0.05) is 41.9 Å². The van der Waals surface area contributed by atoms with Gasteiger partial charge in [0.15, 0.2) is 11.6 Å². The van der Waals surface area contributed by atoms with E-state index in [-0.39, 0.29) is 5.82 Å². The molecule has 3 aromatic rings. The molecule has 2 aromatic heterocycles. The number of ether oxygens (including phenoxy) is 1. The summed E-state index contributed by atoms with van der Waals surface area (Å²) in [7, 11) is 0. The summed E-state index contributed by atoms with van der Waals surface area (Å²) in [5.41, 5.74) is 8.98. The number of rotatable bonds is 6. The average Bonchev–Trinajstić information content (AvgIpc) is 2.83. The Hall–Kier alpha value is -2.64. The number of benzene rings is 1. The van der Waals surface area contributed by atoms with Crippen molar-refractivity contribution in [2.45, 2.75) is 31.5 Å². The van der Waals surface area contributed by atoms with Crippen molar-refractivity contribution in [3.05, 3.63) is 82.2 Å². The Balaban J connectivity index is 1.62. The van der Waals surface area contributed by atoms with Crippen molar-refractivity contribution in [3.8, 4) is 16.9 Å². The normalized spacial score (nSPS) is 16.2. The third kappa shape index (κ3) is 4.84. The van der Waals surface area contributed by atoms with Crippen LogP contribution in [0.5, 0.6) is 5.75 Å².